The van der Waals surface area contributed by atoms with E-state index in [2.05, 4.69) is 29.3 Å². The highest BCUT2D eigenvalue weighted by molar-refractivity contribution is 8.20. The van der Waals surface area contributed by atoms with E-state index < -0.39 is 0 Å². The Hall–Kier alpha value is 0.500. The number of nitrogens with zero attached hydrogens (tertiary/aromatic N) is 1. The standard InChI is InChI=1S/C6H9NS3/c1-5(7-4-8)6-9-2-3-10-6/h5-6H,2-3H2,1H3. The van der Waals surface area contributed by atoms with Gasteiger partial charge in [-0.05, 0) is 19.1 Å². The average Bonchev–Trinajstić information content (AvgIpc) is 2.38. The Morgan fingerprint density at radius 2 is 2.20 bits per heavy atom. The van der Waals surface area contributed by atoms with Crippen molar-refractivity contribution < 1.29 is 0 Å². The second-order valence-electron chi connectivity index (χ2n) is 2.07. The molecule has 0 saturated carbocycles. The van der Waals surface area contributed by atoms with Gasteiger partial charge in [-0.25, -0.2) is 4.99 Å². The minimum atomic E-state index is 0.343. The van der Waals surface area contributed by atoms with Crippen molar-refractivity contribution in [3.05, 3.63) is 0 Å². The molecule has 10 heavy (non-hydrogen) atoms. The lowest BCUT2D eigenvalue weighted by molar-refractivity contribution is 0.830. The lowest BCUT2D eigenvalue weighted by atomic mass is 10.4. The molecule has 0 aromatic heterocycles. The highest BCUT2D eigenvalue weighted by atomic mass is 32.2. The first-order valence-electron chi connectivity index (χ1n) is 3.15. The smallest absolute Gasteiger partial charge is 0.0784 e. The molecule has 0 spiro atoms. The van der Waals surface area contributed by atoms with Gasteiger partial charge in [0.2, 0.25) is 0 Å². The lowest BCUT2D eigenvalue weighted by Crippen LogP contribution is -2.10. The molecule has 0 aromatic rings. The first kappa shape index (κ1) is 8.60. The molecule has 0 aliphatic carbocycles. The van der Waals surface area contributed by atoms with Crippen LogP contribution in [0.2, 0.25) is 0 Å². The monoisotopic (exact) mass is 191 g/mol. The number of isothiocyanates is 1. The van der Waals surface area contributed by atoms with Gasteiger partial charge in [0.15, 0.2) is 0 Å². The molecule has 0 N–H and O–H groups in total. The molecule has 4 heteroatoms. The molecule has 1 rings (SSSR count). The topological polar surface area (TPSA) is 12.4 Å². The van der Waals surface area contributed by atoms with Crippen molar-refractivity contribution in [2.24, 2.45) is 4.99 Å². The Morgan fingerprint density at radius 1 is 1.60 bits per heavy atom. The number of aliphatic imine (C=N–C) groups is 1. The molecule has 1 unspecified atom stereocenters. The Kier molecular flexibility index (Phi) is 3.78. The zero-order chi connectivity index (χ0) is 7.40. The van der Waals surface area contributed by atoms with Crippen molar-refractivity contribution >= 4 is 40.9 Å². The number of rotatable bonds is 2. The Balaban J connectivity index is 2.39. The molecule has 0 radical (unpaired) electrons. The van der Waals surface area contributed by atoms with Crippen LogP contribution in [0.15, 0.2) is 4.99 Å². The first-order valence-corrected chi connectivity index (χ1v) is 5.65. The van der Waals surface area contributed by atoms with Crippen LogP contribution in [0.3, 0.4) is 0 Å². The number of hydrogen-bond acceptors (Lipinski definition) is 4. The maximum atomic E-state index is 4.53. The van der Waals surface area contributed by atoms with Gasteiger partial charge in [-0.15, -0.1) is 23.5 Å². The number of hydrogen-bond donors (Lipinski definition) is 0. The van der Waals surface area contributed by atoms with E-state index in [9.17, 15) is 0 Å². The molecule has 1 fully saturated rings. The highest BCUT2D eigenvalue weighted by Crippen LogP contribution is 2.35. The van der Waals surface area contributed by atoms with Gasteiger partial charge in [-0.2, -0.15) is 0 Å². The molecule has 0 bridgehead atoms. The van der Waals surface area contributed by atoms with Gasteiger partial charge in [0.05, 0.1) is 15.8 Å². The Morgan fingerprint density at radius 3 is 2.70 bits per heavy atom. The minimum Gasteiger partial charge on any atom is -0.227 e. The predicted octanol–water partition coefficient (Wildman–Crippen LogP) is 2.28. The Bertz CT molecular complexity index is 147. The second kappa shape index (κ2) is 4.39. The number of thiocarbonyl (C=S) groups is 1. The van der Waals surface area contributed by atoms with Gasteiger partial charge >= 0.3 is 0 Å². The van der Waals surface area contributed by atoms with E-state index in [1.165, 1.54) is 11.5 Å². The third-order valence-electron chi connectivity index (χ3n) is 1.30. The summed E-state index contributed by atoms with van der Waals surface area (Å²) in [5, 5.41) is 2.43. The zero-order valence-electron chi connectivity index (χ0n) is 5.74. The van der Waals surface area contributed by atoms with E-state index in [1.807, 2.05) is 23.5 Å². The molecule has 56 valence electrons. The van der Waals surface area contributed by atoms with Crippen LogP contribution < -0.4 is 0 Å². The molecule has 1 saturated heterocycles. The molecular weight excluding hydrogens is 182 g/mol. The van der Waals surface area contributed by atoms with Crippen molar-refractivity contribution in [1.82, 2.24) is 0 Å². The highest BCUT2D eigenvalue weighted by Gasteiger charge is 2.21. The molecule has 1 aliphatic heterocycles. The molecule has 1 aliphatic rings. The number of thioether (sulfide) groups is 2. The SMILES string of the molecule is CC(N=C=S)C1SCCS1. The van der Waals surface area contributed by atoms with Gasteiger partial charge < -0.3 is 0 Å². The van der Waals surface area contributed by atoms with Crippen LogP contribution in [0, 0.1) is 0 Å². The van der Waals surface area contributed by atoms with Crippen LogP contribution in [-0.2, 0) is 0 Å². The van der Waals surface area contributed by atoms with Gasteiger partial charge in [0.1, 0.15) is 0 Å². The minimum absolute atomic E-state index is 0.343. The zero-order valence-corrected chi connectivity index (χ0v) is 8.19. The van der Waals surface area contributed by atoms with Crippen LogP contribution in [0.5, 0.6) is 0 Å². The van der Waals surface area contributed by atoms with Crippen molar-refractivity contribution in [1.29, 1.82) is 0 Å². The van der Waals surface area contributed by atoms with Crippen LogP contribution in [0.1, 0.15) is 6.92 Å². The summed E-state index contributed by atoms with van der Waals surface area (Å²) >= 11 is 8.48. The quantitative estimate of drug-likeness (QED) is 0.491. The Labute approximate surface area is 75.1 Å². The van der Waals surface area contributed by atoms with E-state index in [0.717, 1.165) is 0 Å². The predicted molar refractivity (Wildman–Crippen MR) is 53.2 cm³/mol. The van der Waals surface area contributed by atoms with E-state index in [-0.39, 0.29) is 0 Å². The summed E-state index contributed by atoms with van der Waals surface area (Å²) in [4.78, 5) is 4.03. The maximum absolute atomic E-state index is 4.53. The molecule has 1 nitrogen and oxygen atoms in total. The summed E-state index contributed by atoms with van der Waals surface area (Å²) in [6.07, 6.45) is 0. The van der Waals surface area contributed by atoms with Crippen molar-refractivity contribution in [3.63, 3.8) is 0 Å². The summed E-state index contributed by atoms with van der Waals surface area (Å²) in [6.45, 7) is 2.09. The second-order valence-corrected chi connectivity index (χ2v) is 5.05. The summed E-state index contributed by atoms with van der Waals surface area (Å²) in [5.74, 6) is 2.51. The van der Waals surface area contributed by atoms with Crippen molar-refractivity contribution in [3.8, 4) is 0 Å². The molecule has 1 atom stereocenters. The van der Waals surface area contributed by atoms with E-state index in [4.69, 9.17) is 0 Å². The average molecular weight is 191 g/mol. The fourth-order valence-corrected chi connectivity index (χ4v) is 3.84. The van der Waals surface area contributed by atoms with E-state index in [1.54, 1.807) is 0 Å². The fraction of sp³-hybridized carbons (Fsp3) is 0.833. The molecule has 1 heterocycles. The largest absolute Gasteiger partial charge is 0.227 e. The summed E-state index contributed by atoms with van der Waals surface area (Å²) in [7, 11) is 0. The van der Waals surface area contributed by atoms with Crippen LogP contribution in [0.4, 0.5) is 0 Å². The normalized spacial score (nSPS) is 22.1. The molecular formula is C6H9NS3. The molecule has 0 aromatic carbocycles. The van der Waals surface area contributed by atoms with Gasteiger partial charge in [0.25, 0.3) is 0 Å². The molecule has 0 amide bonds. The van der Waals surface area contributed by atoms with Crippen LogP contribution in [-0.4, -0.2) is 27.3 Å². The summed E-state index contributed by atoms with van der Waals surface area (Å²) in [5.41, 5.74) is 0. The van der Waals surface area contributed by atoms with Gasteiger partial charge in [0, 0.05) is 11.5 Å². The lowest BCUT2D eigenvalue weighted by Gasteiger charge is -2.09. The third kappa shape index (κ3) is 2.27. The van der Waals surface area contributed by atoms with Gasteiger partial charge in [-0.3, -0.25) is 0 Å². The van der Waals surface area contributed by atoms with Crippen LogP contribution in [0.25, 0.3) is 0 Å². The van der Waals surface area contributed by atoms with E-state index >= 15 is 0 Å². The van der Waals surface area contributed by atoms with Crippen molar-refractivity contribution in [2.75, 3.05) is 11.5 Å². The fourth-order valence-electron chi connectivity index (χ4n) is 0.799. The third-order valence-corrected chi connectivity index (χ3v) is 4.80. The first-order chi connectivity index (χ1) is 4.84. The maximum Gasteiger partial charge on any atom is 0.0784 e. The summed E-state index contributed by atoms with van der Waals surface area (Å²) < 4.78 is 0.621. The van der Waals surface area contributed by atoms with Crippen LogP contribution >= 0.6 is 35.7 Å². The summed E-state index contributed by atoms with van der Waals surface area (Å²) in [6, 6.07) is 0.343. The van der Waals surface area contributed by atoms with E-state index in [0.29, 0.717) is 10.6 Å². The van der Waals surface area contributed by atoms with Gasteiger partial charge in [-0.1, -0.05) is 0 Å². The van der Waals surface area contributed by atoms with Crippen molar-refractivity contribution in [2.45, 2.75) is 17.5 Å².